The van der Waals surface area contributed by atoms with Crippen LogP contribution in [0.4, 0.5) is 0 Å². The summed E-state index contributed by atoms with van der Waals surface area (Å²) in [6, 6.07) is 1.29. The third-order valence-corrected chi connectivity index (χ3v) is 6.60. The average Bonchev–Trinajstić information content (AvgIpc) is 2.37. The van der Waals surface area contributed by atoms with Crippen LogP contribution in [0.1, 0.15) is 6.92 Å². The molecule has 17 heavy (non-hydrogen) atoms. The van der Waals surface area contributed by atoms with Crippen molar-refractivity contribution in [1.29, 1.82) is 0 Å². The summed E-state index contributed by atoms with van der Waals surface area (Å²) in [6.45, 7) is 6.71. The molecular formula is C11H26N2O3Si. The first-order valence-corrected chi connectivity index (χ1v) is 8.08. The van der Waals surface area contributed by atoms with E-state index in [0.29, 0.717) is 6.04 Å². The van der Waals surface area contributed by atoms with E-state index in [9.17, 15) is 0 Å². The Morgan fingerprint density at radius 1 is 1.00 bits per heavy atom. The summed E-state index contributed by atoms with van der Waals surface area (Å²) < 4.78 is 16.4. The molecule has 1 saturated heterocycles. The van der Waals surface area contributed by atoms with E-state index in [4.69, 9.17) is 13.3 Å². The number of hydrogen-bond donors (Lipinski definition) is 0. The molecule has 0 aliphatic carbocycles. The summed E-state index contributed by atoms with van der Waals surface area (Å²) >= 11 is 0. The molecule has 0 saturated carbocycles. The van der Waals surface area contributed by atoms with Crippen molar-refractivity contribution in [2.75, 3.05) is 54.6 Å². The second-order valence-corrected chi connectivity index (χ2v) is 7.69. The third-order valence-electron chi connectivity index (χ3n) is 3.64. The van der Waals surface area contributed by atoms with Gasteiger partial charge in [-0.3, -0.25) is 4.90 Å². The largest absolute Gasteiger partial charge is 0.501 e. The fourth-order valence-corrected chi connectivity index (χ4v) is 4.24. The molecule has 1 aliphatic rings. The van der Waals surface area contributed by atoms with Crippen LogP contribution in [0.15, 0.2) is 0 Å². The molecule has 0 aromatic rings. The lowest BCUT2D eigenvalue weighted by molar-refractivity contribution is 0.0905. The maximum Gasteiger partial charge on any atom is 0.501 e. The highest BCUT2D eigenvalue weighted by molar-refractivity contribution is 6.60. The van der Waals surface area contributed by atoms with E-state index in [0.717, 1.165) is 32.2 Å². The van der Waals surface area contributed by atoms with Crippen molar-refractivity contribution >= 4 is 8.80 Å². The van der Waals surface area contributed by atoms with E-state index in [2.05, 4.69) is 23.8 Å². The minimum absolute atomic E-state index is 0.440. The van der Waals surface area contributed by atoms with Gasteiger partial charge in [0.25, 0.3) is 0 Å². The van der Waals surface area contributed by atoms with Crippen LogP contribution in [0.5, 0.6) is 0 Å². The molecule has 5 nitrogen and oxygen atoms in total. The van der Waals surface area contributed by atoms with E-state index >= 15 is 0 Å². The van der Waals surface area contributed by atoms with Gasteiger partial charge in [0, 0.05) is 59.6 Å². The molecule has 0 amide bonds. The Labute approximate surface area is 106 Å². The van der Waals surface area contributed by atoms with Gasteiger partial charge >= 0.3 is 8.80 Å². The van der Waals surface area contributed by atoms with Crippen LogP contribution in [0.2, 0.25) is 6.04 Å². The lowest BCUT2D eigenvalue weighted by Gasteiger charge is -2.38. The molecule has 6 heteroatoms. The second-order valence-electron chi connectivity index (χ2n) is 4.69. The molecular weight excluding hydrogens is 236 g/mol. The van der Waals surface area contributed by atoms with E-state index in [1.54, 1.807) is 21.3 Å². The topological polar surface area (TPSA) is 34.2 Å². The quantitative estimate of drug-likeness (QED) is 0.651. The van der Waals surface area contributed by atoms with Gasteiger partial charge in [-0.2, -0.15) is 0 Å². The van der Waals surface area contributed by atoms with Crippen LogP contribution in [-0.2, 0) is 13.3 Å². The van der Waals surface area contributed by atoms with Crippen LogP contribution < -0.4 is 0 Å². The van der Waals surface area contributed by atoms with Crippen LogP contribution in [0.3, 0.4) is 0 Å². The molecule has 0 N–H and O–H groups in total. The highest BCUT2D eigenvalue weighted by atomic mass is 28.4. The van der Waals surface area contributed by atoms with Crippen molar-refractivity contribution in [3.63, 3.8) is 0 Å². The Kier molecular flexibility index (Phi) is 6.05. The zero-order valence-electron chi connectivity index (χ0n) is 11.7. The van der Waals surface area contributed by atoms with Crippen molar-refractivity contribution in [1.82, 2.24) is 9.80 Å². The lowest BCUT2D eigenvalue weighted by Crippen LogP contribution is -2.53. The number of hydrogen-bond acceptors (Lipinski definition) is 5. The van der Waals surface area contributed by atoms with Gasteiger partial charge in [0.15, 0.2) is 0 Å². The highest BCUT2D eigenvalue weighted by Gasteiger charge is 2.40. The maximum atomic E-state index is 5.48. The zero-order chi connectivity index (χ0) is 12.9. The summed E-state index contributed by atoms with van der Waals surface area (Å²) in [7, 11) is 4.76. The number of rotatable bonds is 6. The van der Waals surface area contributed by atoms with E-state index in [1.807, 2.05) is 0 Å². The van der Waals surface area contributed by atoms with Crippen LogP contribution in [0, 0.1) is 0 Å². The first-order chi connectivity index (χ1) is 8.06. The normalized spacial score (nSPS) is 21.7. The maximum absolute atomic E-state index is 5.48. The van der Waals surface area contributed by atoms with Gasteiger partial charge in [-0.15, -0.1) is 0 Å². The fourth-order valence-electron chi connectivity index (χ4n) is 2.25. The summed E-state index contributed by atoms with van der Waals surface area (Å²) in [6.07, 6.45) is 0. The Balaban J connectivity index is 2.49. The Bertz CT molecular complexity index is 210. The van der Waals surface area contributed by atoms with Gasteiger partial charge in [-0.1, -0.05) is 0 Å². The number of likely N-dealkylation sites (N-methyl/N-ethyl adjacent to an activating group) is 1. The minimum Gasteiger partial charge on any atom is -0.377 e. The number of nitrogens with zero attached hydrogens (tertiary/aromatic N) is 2. The summed E-state index contributed by atoms with van der Waals surface area (Å²) in [5.41, 5.74) is 0. The molecule has 102 valence electrons. The monoisotopic (exact) mass is 262 g/mol. The van der Waals surface area contributed by atoms with E-state index < -0.39 is 8.80 Å². The fraction of sp³-hybridized carbons (Fsp3) is 1.00. The van der Waals surface area contributed by atoms with Crippen molar-refractivity contribution in [3.05, 3.63) is 0 Å². The summed E-state index contributed by atoms with van der Waals surface area (Å²) in [4.78, 5) is 4.84. The van der Waals surface area contributed by atoms with Crippen molar-refractivity contribution in [3.8, 4) is 0 Å². The van der Waals surface area contributed by atoms with Crippen molar-refractivity contribution in [2.24, 2.45) is 0 Å². The SMILES string of the molecule is CO[Si](CC(C)N1CCN(C)CC1)(OC)OC. The molecule has 0 spiro atoms. The smallest absolute Gasteiger partial charge is 0.377 e. The van der Waals surface area contributed by atoms with Crippen LogP contribution >= 0.6 is 0 Å². The average molecular weight is 262 g/mol. The molecule has 1 unspecified atom stereocenters. The lowest BCUT2D eigenvalue weighted by atomic mass is 10.2. The molecule has 0 bridgehead atoms. The predicted octanol–water partition coefficient (Wildman–Crippen LogP) is 0.500. The van der Waals surface area contributed by atoms with Gasteiger partial charge in [0.05, 0.1) is 0 Å². The summed E-state index contributed by atoms with van der Waals surface area (Å²) in [5, 5.41) is 0. The molecule has 1 aliphatic heterocycles. The molecule has 1 heterocycles. The van der Waals surface area contributed by atoms with Gasteiger partial charge < -0.3 is 18.2 Å². The van der Waals surface area contributed by atoms with Crippen molar-refractivity contribution < 1.29 is 13.3 Å². The molecule has 0 aromatic carbocycles. The predicted molar refractivity (Wildman–Crippen MR) is 70.1 cm³/mol. The first kappa shape index (κ1) is 15.1. The van der Waals surface area contributed by atoms with E-state index in [-0.39, 0.29) is 0 Å². The first-order valence-electron chi connectivity index (χ1n) is 6.15. The van der Waals surface area contributed by atoms with Crippen LogP contribution in [-0.4, -0.2) is 79.2 Å². The molecule has 0 radical (unpaired) electrons. The van der Waals surface area contributed by atoms with Gasteiger partial charge in [0.2, 0.25) is 0 Å². The van der Waals surface area contributed by atoms with Gasteiger partial charge in [-0.25, -0.2) is 0 Å². The molecule has 1 fully saturated rings. The van der Waals surface area contributed by atoms with Gasteiger partial charge in [0.1, 0.15) is 0 Å². The number of piperazine rings is 1. The second kappa shape index (κ2) is 6.82. The molecule has 1 rings (SSSR count). The minimum atomic E-state index is -2.44. The van der Waals surface area contributed by atoms with Crippen LogP contribution in [0.25, 0.3) is 0 Å². The molecule has 1 atom stereocenters. The summed E-state index contributed by atoms with van der Waals surface area (Å²) in [5.74, 6) is 0. The Hall–Kier alpha value is 0.0169. The zero-order valence-corrected chi connectivity index (χ0v) is 12.7. The van der Waals surface area contributed by atoms with Crippen molar-refractivity contribution in [2.45, 2.75) is 19.0 Å². The highest BCUT2D eigenvalue weighted by Crippen LogP contribution is 2.19. The Morgan fingerprint density at radius 2 is 1.47 bits per heavy atom. The molecule has 0 aromatic heterocycles. The third kappa shape index (κ3) is 4.01. The van der Waals surface area contributed by atoms with E-state index in [1.165, 1.54) is 0 Å². The van der Waals surface area contributed by atoms with Gasteiger partial charge in [-0.05, 0) is 14.0 Å². The Morgan fingerprint density at radius 3 is 1.88 bits per heavy atom. The standard InChI is InChI=1S/C11H26N2O3Si/c1-11(10-17(14-3,15-4)16-5)13-8-6-12(2)7-9-13/h11H,6-10H2,1-5H3.